The lowest BCUT2D eigenvalue weighted by atomic mass is 10.1. The standard InChI is InChI=1S/C20H21NO5S/c1-15-8-10-18(11-9-15)20(23)16(2)26-19(22)14-21-27(24,25)13-12-17-6-4-3-5-7-17/h3-13,16,21H,14H2,1-2H3/b13-12+/t16-/m0/s1. The predicted octanol–water partition coefficient (Wildman–Crippen LogP) is 2.70. The molecule has 0 aliphatic rings. The van der Waals surface area contributed by atoms with Crippen LogP contribution in [0.1, 0.15) is 28.4 Å². The predicted molar refractivity (Wildman–Crippen MR) is 103 cm³/mol. The summed E-state index contributed by atoms with van der Waals surface area (Å²) in [5.41, 5.74) is 2.14. The molecule has 0 saturated carbocycles. The number of benzene rings is 2. The third kappa shape index (κ3) is 6.80. The number of sulfonamides is 1. The molecule has 0 unspecified atom stereocenters. The third-order valence-corrected chi connectivity index (χ3v) is 4.71. The first-order valence-corrected chi connectivity index (χ1v) is 9.84. The molecule has 7 heteroatoms. The van der Waals surface area contributed by atoms with Crippen molar-refractivity contribution in [3.63, 3.8) is 0 Å². The topological polar surface area (TPSA) is 89.5 Å². The Kier molecular flexibility index (Phi) is 7.04. The minimum Gasteiger partial charge on any atom is -0.453 e. The first-order chi connectivity index (χ1) is 12.8. The molecule has 1 N–H and O–H groups in total. The Labute approximate surface area is 158 Å². The van der Waals surface area contributed by atoms with Gasteiger partial charge in [-0.2, -0.15) is 0 Å². The molecule has 0 aliphatic heterocycles. The summed E-state index contributed by atoms with van der Waals surface area (Å²) in [6, 6.07) is 15.8. The molecular weight excluding hydrogens is 366 g/mol. The van der Waals surface area contributed by atoms with Gasteiger partial charge >= 0.3 is 5.97 Å². The number of hydrogen-bond acceptors (Lipinski definition) is 5. The Morgan fingerprint density at radius 1 is 1.07 bits per heavy atom. The van der Waals surface area contributed by atoms with E-state index in [-0.39, 0.29) is 5.78 Å². The van der Waals surface area contributed by atoms with Gasteiger partial charge in [0, 0.05) is 11.0 Å². The molecule has 2 aromatic rings. The van der Waals surface area contributed by atoms with Gasteiger partial charge in [0.25, 0.3) is 0 Å². The molecule has 27 heavy (non-hydrogen) atoms. The molecule has 0 fully saturated rings. The van der Waals surface area contributed by atoms with E-state index in [1.54, 1.807) is 48.5 Å². The van der Waals surface area contributed by atoms with E-state index in [4.69, 9.17) is 4.74 Å². The zero-order chi connectivity index (χ0) is 19.9. The van der Waals surface area contributed by atoms with E-state index in [2.05, 4.69) is 4.72 Å². The molecule has 6 nitrogen and oxygen atoms in total. The molecule has 1 atom stereocenters. The van der Waals surface area contributed by atoms with Crippen LogP contribution in [0.15, 0.2) is 60.0 Å². The first kappa shape index (κ1) is 20.5. The molecule has 0 saturated heterocycles. The van der Waals surface area contributed by atoms with Crippen molar-refractivity contribution in [2.24, 2.45) is 0 Å². The van der Waals surface area contributed by atoms with Crippen molar-refractivity contribution >= 4 is 27.9 Å². The number of rotatable bonds is 8. The van der Waals surface area contributed by atoms with E-state index >= 15 is 0 Å². The molecule has 0 spiro atoms. The van der Waals surface area contributed by atoms with Crippen molar-refractivity contribution in [1.29, 1.82) is 0 Å². The van der Waals surface area contributed by atoms with Crippen LogP contribution < -0.4 is 4.72 Å². The smallest absolute Gasteiger partial charge is 0.321 e. The summed E-state index contributed by atoms with van der Waals surface area (Å²) in [5, 5.41) is 0.969. The highest BCUT2D eigenvalue weighted by Gasteiger charge is 2.20. The van der Waals surface area contributed by atoms with Crippen molar-refractivity contribution in [3.8, 4) is 0 Å². The highest BCUT2D eigenvalue weighted by atomic mass is 32.2. The fourth-order valence-corrected chi connectivity index (χ4v) is 2.94. The number of nitrogens with one attached hydrogen (secondary N) is 1. The van der Waals surface area contributed by atoms with Gasteiger partial charge in [-0.1, -0.05) is 60.2 Å². The molecule has 0 bridgehead atoms. The summed E-state index contributed by atoms with van der Waals surface area (Å²) in [4.78, 5) is 24.1. The van der Waals surface area contributed by atoms with Crippen LogP contribution in [0.25, 0.3) is 6.08 Å². The number of Topliss-reactive ketones (excluding diaryl/α,β-unsaturated/α-hetero) is 1. The largest absolute Gasteiger partial charge is 0.453 e. The first-order valence-electron chi connectivity index (χ1n) is 8.30. The maximum atomic E-state index is 12.2. The van der Waals surface area contributed by atoms with E-state index in [1.807, 2.05) is 13.0 Å². The molecule has 0 aromatic heterocycles. The van der Waals surface area contributed by atoms with Crippen LogP contribution in [0.3, 0.4) is 0 Å². The Hall–Kier alpha value is -2.77. The summed E-state index contributed by atoms with van der Waals surface area (Å²) in [7, 11) is -3.80. The minimum absolute atomic E-state index is 0.352. The van der Waals surface area contributed by atoms with Gasteiger partial charge in [0.2, 0.25) is 15.8 Å². The SMILES string of the molecule is Cc1ccc(C(=O)[C@H](C)OC(=O)CNS(=O)(=O)/C=C/c2ccccc2)cc1. The number of carbonyl (C=O) groups excluding carboxylic acids is 2. The number of hydrogen-bond donors (Lipinski definition) is 1. The van der Waals surface area contributed by atoms with Crippen molar-refractivity contribution < 1.29 is 22.7 Å². The number of esters is 1. The summed E-state index contributed by atoms with van der Waals surface area (Å²) in [6.07, 6.45) is 0.404. The number of ketones is 1. The van der Waals surface area contributed by atoms with Crippen LogP contribution >= 0.6 is 0 Å². The van der Waals surface area contributed by atoms with Crippen molar-refractivity contribution in [1.82, 2.24) is 4.72 Å². The lowest BCUT2D eigenvalue weighted by molar-refractivity contribution is -0.144. The van der Waals surface area contributed by atoms with Gasteiger partial charge in [0.1, 0.15) is 6.54 Å². The zero-order valence-electron chi connectivity index (χ0n) is 15.1. The van der Waals surface area contributed by atoms with Crippen molar-refractivity contribution in [2.45, 2.75) is 20.0 Å². The quantitative estimate of drug-likeness (QED) is 0.556. The highest BCUT2D eigenvalue weighted by Crippen LogP contribution is 2.08. The average Bonchev–Trinajstić information content (AvgIpc) is 2.66. The summed E-state index contributed by atoms with van der Waals surface area (Å²) in [5.74, 6) is -1.19. The third-order valence-electron chi connectivity index (χ3n) is 3.67. The Bertz CT molecular complexity index is 919. The molecule has 0 amide bonds. The van der Waals surface area contributed by atoms with Gasteiger partial charge in [0.15, 0.2) is 6.10 Å². The van der Waals surface area contributed by atoms with E-state index in [0.29, 0.717) is 11.1 Å². The Balaban J connectivity index is 1.86. The van der Waals surface area contributed by atoms with Crippen LogP contribution in [-0.2, 0) is 19.6 Å². The minimum atomic E-state index is -3.80. The maximum absolute atomic E-state index is 12.2. The van der Waals surface area contributed by atoms with E-state index in [1.165, 1.54) is 13.0 Å². The summed E-state index contributed by atoms with van der Waals surface area (Å²) in [6.45, 7) is 2.78. The molecule has 2 aromatic carbocycles. The second kappa shape index (κ2) is 9.25. The molecule has 142 valence electrons. The van der Waals surface area contributed by atoms with Crippen LogP contribution in [0.5, 0.6) is 0 Å². The van der Waals surface area contributed by atoms with Gasteiger partial charge in [-0.05, 0) is 25.5 Å². The lowest BCUT2D eigenvalue weighted by Gasteiger charge is -2.12. The normalized spacial score (nSPS) is 12.7. The van der Waals surface area contributed by atoms with Crippen LogP contribution in [0.2, 0.25) is 0 Å². The molecule has 0 aliphatic carbocycles. The molecule has 0 heterocycles. The highest BCUT2D eigenvalue weighted by molar-refractivity contribution is 7.92. The Morgan fingerprint density at radius 3 is 2.33 bits per heavy atom. The zero-order valence-corrected chi connectivity index (χ0v) is 15.9. The van der Waals surface area contributed by atoms with E-state index in [0.717, 1.165) is 11.0 Å². The maximum Gasteiger partial charge on any atom is 0.321 e. The van der Waals surface area contributed by atoms with E-state index < -0.39 is 28.6 Å². The molecule has 2 rings (SSSR count). The van der Waals surface area contributed by atoms with Crippen LogP contribution in [0.4, 0.5) is 0 Å². The molecule has 0 radical (unpaired) electrons. The van der Waals surface area contributed by atoms with Crippen molar-refractivity contribution in [2.75, 3.05) is 6.54 Å². The van der Waals surface area contributed by atoms with Gasteiger partial charge in [-0.25, -0.2) is 13.1 Å². The monoisotopic (exact) mass is 387 g/mol. The number of ether oxygens (including phenoxy) is 1. The summed E-state index contributed by atoms with van der Waals surface area (Å²) >= 11 is 0. The fourth-order valence-electron chi connectivity index (χ4n) is 2.18. The number of aryl methyl sites for hydroxylation is 1. The van der Waals surface area contributed by atoms with Gasteiger partial charge in [0.05, 0.1) is 0 Å². The second-order valence-corrected chi connectivity index (χ2v) is 7.59. The average molecular weight is 387 g/mol. The Morgan fingerprint density at radius 2 is 1.70 bits per heavy atom. The summed E-state index contributed by atoms with van der Waals surface area (Å²) < 4.78 is 31.0. The van der Waals surface area contributed by atoms with Crippen LogP contribution in [0, 0.1) is 6.92 Å². The van der Waals surface area contributed by atoms with Crippen LogP contribution in [-0.4, -0.2) is 32.8 Å². The fraction of sp³-hybridized carbons (Fsp3) is 0.200. The molecular formula is C20H21NO5S. The number of carbonyl (C=O) groups is 2. The van der Waals surface area contributed by atoms with E-state index in [9.17, 15) is 18.0 Å². The van der Waals surface area contributed by atoms with Gasteiger partial charge < -0.3 is 4.74 Å². The van der Waals surface area contributed by atoms with Gasteiger partial charge in [-0.3, -0.25) is 9.59 Å². The van der Waals surface area contributed by atoms with Gasteiger partial charge in [-0.15, -0.1) is 0 Å². The second-order valence-electron chi connectivity index (χ2n) is 5.94. The lowest BCUT2D eigenvalue weighted by Crippen LogP contribution is -2.33. The van der Waals surface area contributed by atoms with Crippen molar-refractivity contribution in [3.05, 3.63) is 76.7 Å².